The lowest BCUT2D eigenvalue weighted by Crippen LogP contribution is -2.19. The Morgan fingerprint density at radius 1 is 1.37 bits per heavy atom. The van der Waals surface area contributed by atoms with Crippen molar-refractivity contribution in [3.63, 3.8) is 0 Å². The van der Waals surface area contributed by atoms with Gasteiger partial charge in [0.15, 0.2) is 5.65 Å². The molecule has 106 valence electrons. The Morgan fingerprint density at radius 2 is 2.05 bits per heavy atom. The monoisotopic (exact) mass is 284 g/mol. The highest BCUT2D eigenvalue weighted by molar-refractivity contribution is 6.20. The summed E-state index contributed by atoms with van der Waals surface area (Å²) in [5, 5.41) is 4.28. The third-order valence-corrected chi connectivity index (χ3v) is 3.36. The SMILES string of the molecule is CCOC(C)Cn1c(C(C)Cl)nc2c(C)nn(C)c21. The average Bonchev–Trinajstić information content (AvgIpc) is 2.80. The lowest BCUT2D eigenvalue weighted by molar-refractivity contribution is 0.0640. The number of aromatic nitrogens is 4. The lowest BCUT2D eigenvalue weighted by atomic mass is 10.3. The molecule has 0 saturated carbocycles. The molecule has 6 heteroatoms. The van der Waals surface area contributed by atoms with Gasteiger partial charge in [0.2, 0.25) is 0 Å². The maximum Gasteiger partial charge on any atom is 0.158 e. The number of rotatable bonds is 5. The van der Waals surface area contributed by atoms with Crippen LogP contribution in [0.25, 0.3) is 11.2 Å². The van der Waals surface area contributed by atoms with Crippen LogP contribution in [0.15, 0.2) is 0 Å². The standard InChI is InChI=1S/C13H21ClN4O/c1-6-19-8(2)7-18-12(9(3)14)15-11-10(4)16-17(5)13(11)18/h8-9H,6-7H2,1-5H3. The second-order valence-corrected chi connectivity index (χ2v) is 5.50. The average molecular weight is 285 g/mol. The Hall–Kier alpha value is -1.07. The van der Waals surface area contributed by atoms with Crippen LogP contribution in [0.4, 0.5) is 0 Å². The van der Waals surface area contributed by atoms with E-state index in [0.29, 0.717) is 6.61 Å². The van der Waals surface area contributed by atoms with Crippen LogP contribution in [0, 0.1) is 6.92 Å². The highest BCUT2D eigenvalue weighted by atomic mass is 35.5. The van der Waals surface area contributed by atoms with E-state index >= 15 is 0 Å². The molecule has 0 N–H and O–H groups in total. The van der Waals surface area contributed by atoms with Crippen molar-refractivity contribution in [1.29, 1.82) is 0 Å². The minimum absolute atomic E-state index is 0.117. The molecule has 0 radical (unpaired) electrons. The van der Waals surface area contributed by atoms with Crippen LogP contribution in [0.2, 0.25) is 0 Å². The fourth-order valence-electron chi connectivity index (χ4n) is 2.43. The number of halogens is 1. The molecular weight excluding hydrogens is 264 g/mol. The van der Waals surface area contributed by atoms with Crippen molar-refractivity contribution in [2.75, 3.05) is 6.61 Å². The molecule has 2 aromatic heterocycles. The van der Waals surface area contributed by atoms with Crippen molar-refractivity contribution in [1.82, 2.24) is 19.3 Å². The summed E-state index contributed by atoms with van der Waals surface area (Å²) in [4.78, 5) is 4.64. The van der Waals surface area contributed by atoms with Crippen molar-refractivity contribution < 1.29 is 4.74 Å². The Bertz CT molecular complexity index is 573. The van der Waals surface area contributed by atoms with Gasteiger partial charge >= 0.3 is 0 Å². The minimum Gasteiger partial charge on any atom is -0.377 e. The minimum atomic E-state index is -0.138. The molecule has 0 aliphatic rings. The first kappa shape index (κ1) is 14.3. The first-order chi connectivity index (χ1) is 8.95. The smallest absolute Gasteiger partial charge is 0.158 e. The van der Waals surface area contributed by atoms with Gasteiger partial charge in [-0.3, -0.25) is 4.68 Å². The topological polar surface area (TPSA) is 44.9 Å². The molecule has 0 aliphatic heterocycles. The number of hydrogen-bond acceptors (Lipinski definition) is 3. The third kappa shape index (κ3) is 2.62. The third-order valence-electron chi connectivity index (χ3n) is 3.17. The molecule has 2 heterocycles. The molecule has 19 heavy (non-hydrogen) atoms. The maximum absolute atomic E-state index is 6.25. The van der Waals surface area contributed by atoms with E-state index in [4.69, 9.17) is 16.3 Å². The van der Waals surface area contributed by atoms with Gasteiger partial charge in [-0.1, -0.05) is 0 Å². The van der Waals surface area contributed by atoms with Gasteiger partial charge in [-0.25, -0.2) is 4.98 Å². The largest absolute Gasteiger partial charge is 0.377 e. The molecule has 0 fully saturated rings. The Balaban J connectivity index is 2.51. The molecular formula is C13H21ClN4O. The number of hydrogen-bond donors (Lipinski definition) is 0. The van der Waals surface area contributed by atoms with Gasteiger partial charge < -0.3 is 9.30 Å². The van der Waals surface area contributed by atoms with Crippen LogP contribution in [-0.2, 0) is 18.3 Å². The van der Waals surface area contributed by atoms with E-state index in [1.165, 1.54) is 0 Å². The first-order valence-electron chi connectivity index (χ1n) is 6.61. The second-order valence-electron chi connectivity index (χ2n) is 4.84. The van der Waals surface area contributed by atoms with E-state index in [-0.39, 0.29) is 11.5 Å². The van der Waals surface area contributed by atoms with E-state index in [2.05, 4.69) is 21.6 Å². The maximum atomic E-state index is 6.25. The summed E-state index contributed by atoms with van der Waals surface area (Å²) in [6, 6.07) is 0. The molecule has 0 bridgehead atoms. The molecule has 2 atom stereocenters. The van der Waals surface area contributed by atoms with E-state index in [1.54, 1.807) is 0 Å². The van der Waals surface area contributed by atoms with Crippen LogP contribution in [0.1, 0.15) is 37.7 Å². The summed E-state index contributed by atoms with van der Waals surface area (Å²) in [6.07, 6.45) is 0.117. The van der Waals surface area contributed by atoms with Gasteiger partial charge in [0.25, 0.3) is 0 Å². The number of aryl methyl sites for hydroxylation is 2. The number of imidazole rings is 1. The van der Waals surface area contributed by atoms with Gasteiger partial charge in [-0.15, -0.1) is 11.6 Å². The Morgan fingerprint density at radius 3 is 2.63 bits per heavy atom. The Labute approximate surface area is 118 Å². The van der Waals surface area contributed by atoms with Crippen LogP contribution in [-0.4, -0.2) is 32.0 Å². The highest BCUT2D eigenvalue weighted by Crippen LogP contribution is 2.26. The predicted octanol–water partition coefficient (Wildman–Crippen LogP) is 2.80. The van der Waals surface area contributed by atoms with Crippen LogP contribution >= 0.6 is 11.6 Å². The summed E-state index contributed by atoms with van der Waals surface area (Å²) in [5.74, 6) is 0.874. The summed E-state index contributed by atoms with van der Waals surface area (Å²) in [5.41, 5.74) is 2.86. The molecule has 2 aromatic rings. The summed E-state index contributed by atoms with van der Waals surface area (Å²) in [6.45, 7) is 9.40. The molecule has 0 aliphatic carbocycles. The normalized spacial score (nSPS) is 15.1. The summed E-state index contributed by atoms with van der Waals surface area (Å²) in [7, 11) is 1.93. The van der Waals surface area contributed by atoms with Crippen molar-refractivity contribution in [3.05, 3.63) is 11.5 Å². The van der Waals surface area contributed by atoms with Crippen molar-refractivity contribution in [2.45, 2.75) is 45.7 Å². The molecule has 2 unspecified atom stereocenters. The quantitative estimate of drug-likeness (QED) is 0.793. The number of nitrogens with zero attached hydrogens (tertiary/aromatic N) is 4. The number of fused-ring (bicyclic) bond motifs is 1. The molecule has 2 rings (SSSR count). The van der Waals surface area contributed by atoms with Crippen LogP contribution < -0.4 is 0 Å². The van der Waals surface area contributed by atoms with E-state index < -0.39 is 0 Å². The van der Waals surface area contributed by atoms with Gasteiger partial charge in [-0.05, 0) is 27.7 Å². The zero-order chi connectivity index (χ0) is 14.2. The lowest BCUT2D eigenvalue weighted by Gasteiger charge is -2.16. The zero-order valence-electron chi connectivity index (χ0n) is 12.1. The highest BCUT2D eigenvalue weighted by Gasteiger charge is 2.21. The van der Waals surface area contributed by atoms with Crippen LogP contribution in [0.3, 0.4) is 0 Å². The molecule has 0 amide bonds. The number of ether oxygens (including phenoxy) is 1. The van der Waals surface area contributed by atoms with Gasteiger partial charge in [0.1, 0.15) is 11.3 Å². The number of alkyl halides is 1. The van der Waals surface area contributed by atoms with E-state index in [0.717, 1.165) is 29.2 Å². The van der Waals surface area contributed by atoms with Crippen LogP contribution in [0.5, 0.6) is 0 Å². The molecule has 0 spiro atoms. The van der Waals surface area contributed by atoms with Crippen molar-refractivity contribution >= 4 is 22.8 Å². The van der Waals surface area contributed by atoms with Gasteiger partial charge in [0, 0.05) is 13.7 Å². The van der Waals surface area contributed by atoms with Gasteiger partial charge in [-0.2, -0.15) is 5.10 Å². The Kier molecular flexibility index (Phi) is 4.16. The second kappa shape index (κ2) is 5.51. The fourth-order valence-corrected chi connectivity index (χ4v) is 2.60. The zero-order valence-corrected chi connectivity index (χ0v) is 12.9. The molecule has 0 saturated heterocycles. The summed E-state index contributed by atoms with van der Waals surface area (Å²) >= 11 is 6.25. The van der Waals surface area contributed by atoms with E-state index in [1.807, 2.05) is 32.5 Å². The van der Waals surface area contributed by atoms with Crippen molar-refractivity contribution in [3.8, 4) is 0 Å². The van der Waals surface area contributed by atoms with Crippen molar-refractivity contribution in [2.24, 2.45) is 7.05 Å². The summed E-state index contributed by atoms with van der Waals surface area (Å²) < 4.78 is 9.60. The molecule has 5 nitrogen and oxygen atoms in total. The molecule has 0 aromatic carbocycles. The fraction of sp³-hybridized carbons (Fsp3) is 0.692. The van der Waals surface area contributed by atoms with E-state index in [9.17, 15) is 0 Å². The first-order valence-corrected chi connectivity index (χ1v) is 7.04. The van der Waals surface area contributed by atoms with Gasteiger partial charge in [0.05, 0.1) is 23.7 Å². The predicted molar refractivity (Wildman–Crippen MR) is 76.6 cm³/mol.